The van der Waals surface area contributed by atoms with Gasteiger partial charge >= 0.3 is 0 Å². The fourth-order valence-electron chi connectivity index (χ4n) is 2.73. The quantitative estimate of drug-likeness (QED) is 0.913. The van der Waals surface area contributed by atoms with E-state index >= 15 is 0 Å². The summed E-state index contributed by atoms with van der Waals surface area (Å²) in [5.74, 6) is 1.20. The molecule has 3 rings (SSSR count). The number of ether oxygens (including phenoxy) is 2. The van der Waals surface area contributed by atoms with Gasteiger partial charge in [-0.05, 0) is 38.5 Å². The minimum absolute atomic E-state index is 0.0000834. The second-order valence-corrected chi connectivity index (χ2v) is 6.08. The number of fused-ring (bicyclic) bond motifs is 1. The van der Waals surface area contributed by atoms with Crippen LogP contribution in [-0.2, 0) is 4.79 Å². The number of rotatable bonds is 5. The first kappa shape index (κ1) is 16.1. The first-order chi connectivity index (χ1) is 11.6. The number of nitrogens with one attached hydrogen (secondary N) is 1. The molecule has 0 bridgehead atoms. The van der Waals surface area contributed by atoms with Crippen molar-refractivity contribution in [3.63, 3.8) is 0 Å². The molecule has 1 aromatic heterocycles. The molecule has 1 atom stereocenters. The van der Waals surface area contributed by atoms with Gasteiger partial charge < -0.3 is 14.8 Å². The summed E-state index contributed by atoms with van der Waals surface area (Å²) in [5, 5.41) is 13.6. The van der Waals surface area contributed by atoms with E-state index in [0.717, 1.165) is 17.2 Å². The molecule has 1 amide bonds. The summed E-state index contributed by atoms with van der Waals surface area (Å²) < 4.78 is 11.5. The third-order valence-corrected chi connectivity index (χ3v) is 3.82. The lowest BCUT2D eigenvalue weighted by Gasteiger charge is -2.15. The zero-order chi connectivity index (χ0) is 17.1. The predicted molar refractivity (Wildman–Crippen MR) is 88.9 cm³/mol. The minimum Gasteiger partial charge on any atom is -0.491 e. The van der Waals surface area contributed by atoms with Gasteiger partial charge in [-0.2, -0.15) is 5.26 Å². The highest BCUT2D eigenvalue weighted by Crippen LogP contribution is 2.30. The molecule has 1 saturated heterocycles. The Morgan fingerprint density at radius 2 is 2.25 bits per heavy atom. The fraction of sp³-hybridized carbons (Fsp3) is 0.389. The molecule has 6 nitrogen and oxygen atoms in total. The van der Waals surface area contributed by atoms with Crippen LogP contribution in [-0.4, -0.2) is 29.6 Å². The number of hydrogen-bond donors (Lipinski definition) is 1. The highest BCUT2D eigenvalue weighted by molar-refractivity contribution is 5.92. The van der Waals surface area contributed by atoms with Crippen molar-refractivity contribution in [2.75, 3.05) is 6.61 Å². The number of amides is 1. The van der Waals surface area contributed by atoms with Crippen LogP contribution in [0.4, 0.5) is 0 Å². The molecular weight excluding hydrogens is 306 g/mol. The summed E-state index contributed by atoms with van der Waals surface area (Å²) in [6, 6.07) is 7.67. The van der Waals surface area contributed by atoms with E-state index in [1.54, 1.807) is 0 Å². The van der Waals surface area contributed by atoms with Crippen LogP contribution < -0.4 is 14.8 Å². The Morgan fingerprint density at radius 1 is 1.42 bits per heavy atom. The standard InChI is InChI=1S/C18H19N3O3/c1-11(2)24-14-4-5-15-12(8-19)9-20-18(16(15)7-14)23-10-13-3-6-17(22)21-13/h4-5,7,9,11,13H,3,6,10H2,1-2H3,(H,21,22)/t13-/m0/s1. The van der Waals surface area contributed by atoms with Gasteiger partial charge in [-0.15, -0.1) is 0 Å². The number of aromatic nitrogens is 1. The van der Waals surface area contributed by atoms with Crippen LogP contribution in [0.3, 0.4) is 0 Å². The normalized spacial score (nSPS) is 16.9. The van der Waals surface area contributed by atoms with Crippen LogP contribution in [0.1, 0.15) is 32.3 Å². The van der Waals surface area contributed by atoms with Crippen LogP contribution in [0, 0.1) is 11.3 Å². The monoisotopic (exact) mass is 325 g/mol. The predicted octanol–water partition coefficient (Wildman–Crippen LogP) is 2.55. The van der Waals surface area contributed by atoms with Crippen molar-refractivity contribution in [3.8, 4) is 17.7 Å². The first-order valence-corrected chi connectivity index (χ1v) is 7.98. The van der Waals surface area contributed by atoms with E-state index in [0.29, 0.717) is 30.2 Å². The van der Waals surface area contributed by atoms with E-state index in [4.69, 9.17) is 9.47 Å². The Hall–Kier alpha value is -2.81. The number of hydrogen-bond acceptors (Lipinski definition) is 5. The van der Waals surface area contributed by atoms with E-state index < -0.39 is 0 Å². The van der Waals surface area contributed by atoms with Gasteiger partial charge in [0.15, 0.2) is 0 Å². The van der Waals surface area contributed by atoms with Crippen molar-refractivity contribution in [2.45, 2.75) is 38.8 Å². The van der Waals surface area contributed by atoms with Crippen molar-refractivity contribution in [1.29, 1.82) is 5.26 Å². The lowest BCUT2D eigenvalue weighted by Crippen LogP contribution is -2.31. The molecule has 1 aliphatic rings. The molecule has 124 valence electrons. The number of pyridine rings is 1. The Kier molecular flexibility index (Phi) is 4.52. The van der Waals surface area contributed by atoms with Crippen molar-refractivity contribution >= 4 is 16.7 Å². The summed E-state index contributed by atoms with van der Waals surface area (Å²) in [4.78, 5) is 15.5. The van der Waals surface area contributed by atoms with Gasteiger partial charge in [0, 0.05) is 23.4 Å². The maximum atomic E-state index is 11.3. The van der Waals surface area contributed by atoms with Gasteiger partial charge in [-0.1, -0.05) is 0 Å². The van der Waals surface area contributed by atoms with Crippen LogP contribution >= 0.6 is 0 Å². The molecule has 0 spiro atoms. The van der Waals surface area contributed by atoms with Gasteiger partial charge in [0.2, 0.25) is 11.8 Å². The van der Waals surface area contributed by atoms with Gasteiger partial charge in [-0.3, -0.25) is 4.79 Å². The van der Waals surface area contributed by atoms with E-state index in [-0.39, 0.29) is 18.1 Å². The van der Waals surface area contributed by atoms with E-state index in [9.17, 15) is 10.1 Å². The third-order valence-electron chi connectivity index (χ3n) is 3.82. The molecule has 1 aromatic carbocycles. The van der Waals surface area contributed by atoms with Crippen molar-refractivity contribution in [1.82, 2.24) is 10.3 Å². The fourth-order valence-corrected chi connectivity index (χ4v) is 2.73. The number of nitriles is 1. The summed E-state index contributed by atoms with van der Waals surface area (Å²) in [7, 11) is 0. The van der Waals surface area contributed by atoms with Crippen LogP contribution in [0.15, 0.2) is 24.4 Å². The molecule has 0 radical (unpaired) electrons. The highest BCUT2D eigenvalue weighted by atomic mass is 16.5. The van der Waals surface area contributed by atoms with Crippen molar-refractivity contribution < 1.29 is 14.3 Å². The molecule has 2 aromatic rings. The summed E-state index contributed by atoms with van der Waals surface area (Å²) in [5.41, 5.74) is 0.489. The van der Waals surface area contributed by atoms with Crippen LogP contribution in [0.5, 0.6) is 11.6 Å². The highest BCUT2D eigenvalue weighted by Gasteiger charge is 2.22. The minimum atomic E-state index is 0.0000834. The lowest BCUT2D eigenvalue weighted by molar-refractivity contribution is -0.119. The van der Waals surface area contributed by atoms with E-state index in [1.807, 2.05) is 32.0 Å². The van der Waals surface area contributed by atoms with Gasteiger partial charge in [0.25, 0.3) is 0 Å². The molecule has 1 aliphatic heterocycles. The second-order valence-electron chi connectivity index (χ2n) is 6.08. The third kappa shape index (κ3) is 3.40. The molecule has 0 unspecified atom stereocenters. The SMILES string of the molecule is CC(C)Oc1ccc2c(C#N)cnc(OC[C@@H]3CCC(=O)N3)c2c1. The smallest absolute Gasteiger partial charge is 0.221 e. The number of carbonyl (C=O) groups excluding carboxylic acids is 1. The van der Waals surface area contributed by atoms with Crippen molar-refractivity contribution in [2.24, 2.45) is 0 Å². The largest absolute Gasteiger partial charge is 0.491 e. The zero-order valence-electron chi connectivity index (χ0n) is 13.7. The summed E-state index contributed by atoms with van der Waals surface area (Å²) >= 11 is 0. The van der Waals surface area contributed by atoms with Gasteiger partial charge in [-0.25, -0.2) is 4.98 Å². The lowest BCUT2D eigenvalue weighted by atomic mass is 10.1. The average Bonchev–Trinajstić information content (AvgIpc) is 2.97. The Labute approximate surface area is 140 Å². The number of nitrogens with zero attached hydrogens (tertiary/aromatic N) is 2. The second kappa shape index (κ2) is 6.75. The molecule has 6 heteroatoms. The molecule has 2 heterocycles. The summed E-state index contributed by atoms with van der Waals surface area (Å²) in [6.45, 7) is 4.26. The Morgan fingerprint density at radius 3 is 2.92 bits per heavy atom. The topological polar surface area (TPSA) is 84.2 Å². The molecular formula is C18H19N3O3. The average molecular weight is 325 g/mol. The molecule has 1 N–H and O–H groups in total. The maximum Gasteiger partial charge on any atom is 0.221 e. The summed E-state index contributed by atoms with van der Waals surface area (Å²) in [6.07, 6.45) is 2.84. The van der Waals surface area contributed by atoms with Crippen molar-refractivity contribution in [3.05, 3.63) is 30.0 Å². The van der Waals surface area contributed by atoms with Gasteiger partial charge in [0.1, 0.15) is 18.4 Å². The zero-order valence-corrected chi connectivity index (χ0v) is 13.7. The van der Waals surface area contributed by atoms with Gasteiger partial charge in [0.05, 0.1) is 17.7 Å². The van der Waals surface area contributed by atoms with E-state index in [2.05, 4.69) is 16.4 Å². The molecule has 1 fully saturated rings. The van der Waals surface area contributed by atoms with E-state index in [1.165, 1.54) is 6.20 Å². The van der Waals surface area contributed by atoms with Crippen LogP contribution in [0.2, 0.25) is 0 Å². The molecule has 0 aliphatic carbocycles. The van der Waals surface area contributed by atoms with Crippen LogP contribution in [0.25, 0.3) is 10.8 Å². The Balaban J connectivity index is 1.90. The first-order valence-electron chi connectivity index (χ1n) is 7.98. The number of benzene rings is 1. The Bertz CT molecular complexity index is 811. The maximum absolute atomic E-state index is 11.3. The molecule has 0 saturated carbocycles. The number of carbonyl (C=O) groups is 1. The molecule has 24 heavy (non-hydrogen) atoms.